The number of rotatable bonds is 8. The van der Waals surface area contributed by atoms with Gasteiger partial charge in [0.05, 0.1) is 11.7 Å². The number of aryl methyl sites for hydroxylation is 1. The first-order valence-electron chi connectivity index (χ1n) is 9.99. The van der Waals surface area contributed by atoms with Gasteiger partial charge in [0.25, 0.3) is 0 Å². The van der Waals surface area contributed by atoms with Crippen molar-refractivity contribution >= 4 is 11.8 Å². The van der Waals surface area contributed by atoms with E-state index in [1.165, 1.54) is 12.1 Å². The van der Waals surface area contributed by atoms with Crippen LogP contribution in [0.1, 0.15) is 40.7 Å². The highest BCUT2D eigenvalue weighted by Gasteiger charge is 2.32. The molecule has 1 saturated carbocycles. The number of aliphatic hydroxyl groups excluding tert-OH is 1. The van der Waals surface area contributed by atoms with Crippen LogP contribution in [0.4, 0.5) is 8.78 Å². The first-order chi connectivity index (χ1) is 14.3. The molecule has 0 aromatic heterocycles. The molecule has 6 heteroatoms. The molecule has 30 heavy (non-hydrogen) atoms. The number of aromatic carboxylic acids is 1. The van der Waals surface area contributed by atoms with Crippen molar-refractivity contribution in [2.45, 2.75) is 38.2 Å². The summed E-state index contributed by atoms with van der Waals surface area (Å²) >= 11 is 0. The maximum Gasteiger partial charge on any atom is 0.335 e. The van der Waals surface area contributed by atoms with Gasteiger partial charge in [0.1, 0.15) is 5.78 Å². The fourth-order valence-electron chi connectivity index (χ4n) is 3.95. The van der Waals surface area contributed by atoms with Crippen molar-refractivity contribution < 1.29 is 28.6 Å². The van der Waals surface area contributed by atoms with E-state index in [0.29, 0.717) is 25.7 Å². The zero-order valence-electron chi connectivity index (χ0n) is 16.4. The summed E-state index contributed by atoms with van der Waals surface area (Å²) in [5, 5.41) is 19.2. The number of hydrogen-bond acceptors (Lipinski definition) is 3. The molecule has 3 atom stereocenters. The summed E-state index contributed by atoms with van der Waals surface area (Å²) in [5.41, 5.74) is 1.29. The minimum atomic E-state index is -0.977. The van der Waals surface area contributed by atoms with Gasteiger partial charge in [-0.25, -0.2) is 13.6 Å². The van der Waals surface area contributed by atoms with E-state index in [9.17, 15) is 23.5 Å². The maximum absolute atomic E-state index is 13.8. The van der Waals surface area contributed by atoms with Gasteiger partial charge < -0.3 is 10.2 Å². The van der Waals surface area contributed by atoms with Crippen molar-refractivity contribution in [3.05, 3.63) is 82.9 Å². The van der Waals surface area contributed by atoms with E-state index in [4.69, 9.17) is 5.11 Å². The van der Waals surface area contributed by atoms with E-state index in [0.717, 1.165) is 11.6 Å². The van der Waals surface area contributed by atoms with E-state index >= 15 is 0 Å². The number of carbonyl (C=O) groups is 2. The Morgan fingerprint density at radius 1 is 1.17 bits per heavy atom. The zero-order chi connectivity index (χ0) is 21.7. The molecule has 0 bridgehead atoms. The fourth-order valence-corrected chi connectivity index (χ4v) is 3.95. The van der Waals surface area contributed by atoms with Crippen LogP contribution in [0, 0.1) is 23.5 Å². The summed E-state index contributed by atoms with van der Waals surface area (Å²) in [7, 11) is 0. The molecule has 2 unspecified atom stereocenters. The Morgan fingerprint density at radius 2 is 1.90 bits per heavy atom. The molecule has 2 N–H and O–H groups in total. The Bertz CT molecular complexity index is 937. The lowest BCUT2D eigenvalue weighted by Gasteiger charge is -2.16. The fraction of sp³-hybridized carbons (Fsp3) is 0.333. The number of ketones is 1. The van der Waals surface area contributed by atoms with Crippen molar-refractivity contribution in [3.8, 4) is 0 Å². The van der Waals surface area contributed by atoms with E-state index < -0.39 is 23.7 Å². The number of hydrogen-bond donors (Lipinski definition) is 2. The third-order valence-corrected chi connectivity index (χ3v) is 5.64. The van der Waals surface area contributed by atoms with Gasteiger partial charge in [-0.2, -0.15) is 0 Å². The number of carboxylic acid groups (broad SMARTS) is 1. The van der Waals surface area contributed by atoms with Crippen LogP contribution in [0.25, 0.3) is 0 Å². The van der Waals surface area contributed by atoms with E-state index in [-0.39, 0.29) is 35.2 Å². The molecular formula is C24H24F2O4. The van der Waals surface area contributed by atoms with Gasteiger partial charge >= 0.3 is 5.97 Å². The van der Waals surface area contributed by atoms with Crippen LogP contribution < -0.4 is 0 Å². The summed E-state index contributed by atoms with van der Waals surface area (Å²) in [5.74, 6) is -2.87. The molecular weight excluding hydrogens is 390 g/mol. The van der Waals surface area contributed by atoms with Crippen LogP contribution in [0.3, 0.4) is 0 Å². The van der Waals surface area contributed by atoms with Gasteiger partial charge in [-0.15, -0.1) is 0 Å². The Kier molecular flexibility index (Phi) is 7.11. The zero-order valence-corrected chi connectivity index (χ0v) is 16.4. The average Bonchev–Trinajstić information content (AvgIpc) is 3.08. The molecule has 0 amide bonds. The van der Waals surface area contributed by atoms with Crippen LogP contribution in [0.5, 0.6) is 0 Å². The molecule has 2 aromatic carbocycles. The quantitative estimate of drug-likeness (QED) is 0.630. The molecule has 0 saturated heterocycles. The molecule has 0 aliphatic heterocycles. The monoisotopic (exact) mass is 414 g/mol. The van der Waals surface area contributed by atoms with Crippen LogP contribution in [-0.2, 0) is 17.6 Å². The predicted molar refractivity (Wildman–Crippen MR) is 108 cm³/mol. The molecule has 0 radical (unpaired) electrons. The molecule has 3 rings (SSSR count). The van der Waals surface area contributed by atoms with Crippen LogP contribution in [-0.4, -0.2) is 28.1 Å². The molecule has 158 valence electrons. The largest absolute Gasteiger partial charge is 0.478 e. The van der Waals surface area contributed by atoms with Gasteiger partial charge in [-0.1, -0.05) is 36.4 Å². The third-order valence-electron chi connectivity index (χ3n) is 5.64. The molecule has 1 fully saturated rings. The Labute approximate surface area is 173 Å². The Morgan fingerprint density at radius 3 is 2.60 bits per heavy atom. The highest BCUT2D eigenvalue weighted by atomic mass is 19.2. The highest BCUT2D eigenvalue weighted by Crippen LogP contribution is 2.33. The number of halogens is 2. The SMILES string of the molecule is O=C(O)c1ccc(CC[C@H]2C(=O)CCC2/C=C/C(O)Cc2cccc(F)c2F)cc1. The summed E-state index contributed by atoms with van der Waals surface area (Å²) in [6, 6.07) is 10.5. The van der Waals surface area contributed by atoms with Crippen molar-refractivity contribution in [3.63, 3.8) is 0 Å². The summed E-state index contributed by atoms with van der Waals surface area (Å²) < 4.78 is 27.1. The summed E-state index contributed by atoms with van der Waals surface area (Å²) in [4.78, 5) is 23.2. The molecule has 1 aliphatic carbocycles. The normalized spacial score (nSPS) is 20.0. The molecule has 4 nitrogen and oxygen atoms in total. The number of aliphatic hydroxyl groups is 1. The number of carbonyl (C=O) groups excluding carboxylic acids is 1. The lowest BCUT2D eigenvalue weighted by atomic mass is 9.88. The van der Waals surface area contributed by atoms with Crippen molar-refractivity contribution in [2.75, 3.05) is 0 Å². The minimum Gasteiger partial charge on any atom is -0.478 e. The van der Waals surface area contributed by atoms with Crippen LogP contribution in [0.15, 0.2) is 54.6 Å². The van der Waals surface area contributed by atoms with Crippen molar-refractivity contribution in [1.29, 1.82) is 0 Å². The third kappa shape index (κ3) is 5.39. The second-order valence-corrected chi connectivity index (χ2v) is 7.69. The predicted octanol–water partition coefficient (Wildman–Crippen LogP) is 4.35. The van der Waals surface area contributed by atoms with Crippen molar-refractivity contribution in [2.24, 2.45) is 11.8 Å². The van der Waals surface area contributed by atoms with Gasteiger partial charge in [-0.3, -0.25) is 4.79 Å². The lowest BCUT2D eigenvalue weighted by molar-refractivity contribution is -0.121. The number of benzene rings is 2. The maximum atomic E-state index is 13.8. The molecule has 0 heterocycles. The number of Topliss-reactive ketones (excluding diaryl/α,β-unsaturated/α-hetero) is 1. The minimum absolute atomic E-state index is 0.0113. The second kappa shape index (κ2) is 9.76. The lowest BCUT2D eigenvalue weighted by Crippen LogP contribution is -2.15. The summed E-state index contributed by atoms with van der Waals surface area (Å²) in [6.07, 6.45) is 4.81. The van der Waals surface area contributed by atoms with E-state index in [1.54, 1.807) is 30.3 Å². The van der Waals surface area contributed by atoms with E-state index in [2.05, 4.69) is 0 Å². The first kappa shape index (κ1) is 21.8. The topological polar surface area (TPSA) is 74.6 Å². The standard InChI is InChI=1S/C24H24F2O4/c25-21-3-1-2-18(23(21)26)14-19(27)11-9-16-10-13-22(28)20(16)12-6-15-4-7-17(8-5-15)24(29)30/h1-5,7-9,11,16,19-20,27H,6,10,12-14H2,(H,29,30)/b11-9+/t16?,19?,20-/m1/s1. The van der Waals surface area contributed by atoms with Gasteiger partial charge in [-0.05, 0) is 54.5 Å². The number of carboxylic acids is 1. The molecule has 2 aromatic rings. The molecule has 1 aliphatic rings. The highest BCUT2D eigenvalue weighted by molar-refractivity contribution is 5.87. The smallest absolute Gasteiger partial charge is 0.335 e. The summed E-state index contributed by atoms with van der Waals surface area (Å²) in [6.45, 7) is 0. The second-order valence-electron chi connectivity index (χ2n) is 7.69. The van der Waals surface area contributed by atoms with Gasteiger partial charge in [0.15, 0.2) is 11.6 Å². The van der Waals surface area contributed by atoms with E-state index in [1.807, 2.05) is 6.08 Å². The average molecular weight is 414 g/mol. The number of allylic oxidation sites excluding steroid dienone is 1. The van der Waals surface area contributed by atoms with Gasteiger partial charge in [0.2, 0.25) is 0 Å². The van der Waals surface area contributed by atoms with Crippen molar-refractivity contribution in [1.82, 2.24) is 0 Å². The van der Waals surface area contributed by atoms with Crippen LogP contribution >= 0.6 is 0 Å². The first-order valence-corrected chi connectivity index (χ1v) is 9.99. The van der Waals surface area contributed by atoms with Gasteiger partial charge in [0, 0.05) is 18.8 Å². The Hall–Kier alpha value is -2.86. The van der Waals surface area contributed by atoms with Crippen LogP contribution in [0.2, 0.25) is 0 Å². The molecule has 0 spiro atoms. The Balaban J connectivity index is 1.58.